The van der Waals surface area contributed by atoms with Crippen LogP contribution in [-0.4, -0.2) is 23.0 Å². The van der Waals surface area contributed by atoms with Crippen molar-refractivity contribution in [1.82, 2.24) is 4.90 Å². The molecule has 2 atom stereocenters. The number of hydrogen-bond donors (Lipinski definition) is 0. The first-order chi connectivity index (χ1) is 15.1. The van der Waals surface area contributed by atoms with E-state index in [4.69, 9.17) is 0 Å². The van der Waals surface area contributed by atoms with Crippen molar-refractivity contribution in [3.63, 3.8) is 0 Å². The van der Waals surface area contributed by atoms with Crippen molar-refractivity contribution in [2.24, 2.45) is 0 Å². The highest BCUT2D eigenvalue weighted by atomic mass is 16.2. The minimum absolute atomic E-state index is 0.111. The molecule has 0 aliphatic carbocycles. The van der Waals surface area contributed by atoms with Crippen molar-refractivity contribution < 1.29 is 4.79 Å². The average Bonchev–Trinajstić information content (AvgIpc) is 3.04. The molecule has 0 bridgehead atoms. The van der Waals surface area contributed by atoms with E-state index >= 15 is 0 Å². The fourth-order valence-electron chi connectivity index (χ4n) is 4.40. The van der Waals surface area contributed by atoms with E-state index in [0.717, 1.165) is 35.4 Å². The zero-order valence-corrected chi connectivity index (χ0v) is 18.5. The molecule has 1 aliphatic rings. The number of benzene rings is 3. The van der Waals surface area contributed by atoms with Crippen molar-refractivity contribution in [2.45, 2.75) is 45.8 Å². The van der Waals surface area contributed by atoms with Crippen LogP contribution in [0.3, 0.4) is 0 Å². The van der Waals surface area contributed by atoms with Crippen LogP contribution in [-0.2, 0) is 11.2 Å². The van der Waals surface area contributed by atoms with E-state index < -0.39 is 0 Å². The number of anilines is 2. The molecule has 0 saturated carbocycles. The number of rotatable bonds is 7. The van der Waals surface area contributed by atoms with E-state index in [1.165, 1.54) is 5.56 Å². The fourth-order valence-corrected chi connectivity index (χ4v) is 4.40. The van der Waals surface area contributed by atoms with Crippen molar-refractivity contribution in [3.05, 3.63) is 108 Å². The molecule has 0 radical (unpaired) electrons. The second-order valence-corrected chi connectivity index (χ2v) is 8.31. The van der Waals surface area contributed by atoms with Crippen LogP contribution in [0.25, 0.3) is 0 Å². The van der Waals surface area contributed by atoms with E-state index in [2.05, 4.69) is 96.4 Å². The van der Waals surface area contributed by atoms with Gasteiger partial charge in [0.2, 0.25) is 0 Å². The molecule has 3 aromatic rings. The van der Waals surface area contributed by atoms with E-state index in [0.29, 0.717) is 0 Å². The Balaban J connectivity index is 1.70. The third-order valence-corrected chi connectivity index (χ3v) is 6.28. The summed E-state index contributed by atoms with van der Waals surface area (Å²) in [6.45, 7) is 6.23. The first kappa shape index (κ1) is 20.9. The Morgan fingerprint density at radius 3 is 1.81 bits per heavy atom. The molecule has 2 unspecified atom stereocenters. The summed E-state index contributed by atoms with van der Waals surface area (Å²) in [5.74, 6) is 0.139. The molecule has 158 valence electrons. The number of amides is 1. The van der Waals surface area contributed by atoms with E-state index in [1.54, 1.807) is 0 Å². The fraction of sp³-hybridized carbons (Fsp3) is 0.250. The van der Waals surface area contributed by atoms with Crippen LogP contribution in [0.1, 0.15) is 32.8 Å². The molecular formula is C28H30N2O. The predicted octanol–water partition coefficient (Wildman–Crippen LogP) is 6.35. The largest absolute Gasteiger partial charge is 0.317 e. The number of para-hydroxylation sites is 2. The molecule has 31 heavy (non-hydrogen) atoms. The first-order valence-electron chi connectivity index (χ1n) is 11.0. The Morgan fingerprint density at radius 2 is 1.29 bits per heavy atom. The van der Waals surface area contributed by atoms with Crippen LogP contribution in [0.15, 0.2) is 102 Å². The van der Waals surface area contributed by atoms with Gasteiger partial charge in [-0.1, -0.05) is 66.7 Å². The Kier molecular flexibility index (Phi) is 6.22. The summed E-state index contributed by atoms with van der Waals surface area (Å²) in [4.78, 5) is 17.8. The van der Waals surface area contributed by atoms with Gasteiger partial charge in [-0.3, -0.25) is 4.79 Å². The topological polar surface area (TPSA) is 23.6 Å². The molecule has 0 N–H and O–H groups in total. The summed E-state index contributed by atoms with van der Waals surface area (Å²) in [5.41, 5.74) is 5.45. The SMILES string of the molecule is CC1=C(C)C(N(c2ccccc2)c2ccccc2)N(C(C)CCc2ccccc2)C1=O. The van der Waals surface area contributed by atoms with Gasteiger partial charge in [-0.25, -0.2) is 0 Å². The lowest BCUT2D eigenvalue weighted by Crippen LogP contribution is -2.50. The second-order valence-electron chi connectivity index (χ2n) is 8.31. The highest BCUT2D eigenvalue weighted by molar-refractivity contribution is 5.98. The molecule has 1 amide bonds. The lowest BCUT2D eigenvalue weighted by atomic mass is 10.0. The van der Waals surface area contributed by atoms with Crippen molar-refractivity contribution in [2.75, 3.05) is 4.90 Å². The summed E-state index contributed by atoms with van der Waals surface area (Å²) >= 11 is 0. The Morgan fingerprint density at radius 1 is 0.806 bits per heavy atom. The quantitative estimate of drug-likeness (QED) is 0.453. The number of carbonyl (C=O) groups excluding carboxylic acids is 1. The van der Waals surface area contributed by atoms with Crippen LogP contribution in [0.2, 0.25) is 0 Å². The maximum Gasteiger partial charge on any atom is 0.251 e. The van der Waals surface area contributed by atoms with E-state index in [1.807, 2.05) is 25.1 Å². The van der Waals surface area contributed by atoms with Gasteiger partial charge in [0.15, 0.2) is 0 Å². The normalized spacial score (nSPS) is 17.2. The summed E-state index contributed by atoms with van der Waals surface area (Å²) in [6, 6.07) is 31.4. The van der Waals surface area contributed by atoms with Crippen LogP contribution < -0.4 is 4.90 Å². The Labute approximate surface area is 185 Å². The lowest BCUT2D eigenvalue weighted by Gasteiger charge is -2.41. The van der Waals surface area contributed by atoms with Gasteiger partial charge >= 0.3 is 0 Å². The predicted molar refractivity (Wildman–Crippen MR) is 128 cm³/mol. The molecule has 3 aromatic carbocycles. The number of aryl methyl sites for hydroxylation is 1. The zero-order chi connectivity index (χ0) is 21.8. The molecule has 4 rings (SSSR count). The number of carbonyl (C=O) groups is 1. The van der Waals surface area contributed by atoms with E-state index in [9.17, 15) is 4.79 Å². The lowest BCUT2D eigenvalue weighted by molar-refractivity contribution is -0.129. The van der Waals surface area contributed by atoms with Crippen molar-refractivity contribution >= 4 is 17.3 Å². The van der Waals surface area contributed by atoms with Gasteiger partial charge in [0.05, 0.1) is 0 Å². The second kappa shape index (κ2) is 9.22. The Hall–Kier alpha value is -3.33. The van der Waals surface area contributed by atoms with Gasteiger partial charge in [0, 0.05) is 23.0 Å². The molecule has 0 aromatic heterocycles. The smallest absolute Gasteiger partial charge is 0.251 e. The van der Waals surface area contributed by atoms with Gasteiger partial charge < -0.3 is 9.80 Å². The number of hydrogen-bond acceptors (Lipinski definition) is 2. The summed E-state index contributed by atoms with van der Waals surface area (Å²) in [6.07, 6.45) is 1.74. The van der Waals surface area contributed by atoms with Gasteiger partial charge in [0.25, 0.3) is 5.91 Å². The maximum atomic E-state index is 13.4. The third-order valence-electron chi connectivity index (χ3n) is 6.28. The van der Waals surface area contributed by atoms with Crippen molar-refractivity contribution in [1.29, 1.82) is 0 Å². The van der Waals surface area contributed by atoms with Crippen LogP contribution in [0, 0.1) is 0 Å². The monoisotopic (exact) mass is 410 g/mol. The molecule has 1 heterocycles. The summed E-state index contributed by atoms with van der Waals surface area (Å²) in [5, 5.41) is 0. The van der Waals surface area contributed by atoms with Crippen LogP contribution >= 0.6 is 0 Å². The molecule has 0 spiro atoms. The standard InChI is InChI=1S/C28H30N2O/c1-21(19-20-24-13-7-4-8-14-24)29-27(22(2)23(3)28(29)31)30(25-15-9-5-10-16-25)26-17-11-6-12-18-26/h4-18,21,27H,19-20H2,1-3H3. The molecule has 0 fully saturated rings. The van der Waals surface area contributed by atoms with Crippen molar-refractivity contribution in [3.8, 4) is 0 Å². The zero-order valence-electron chi connectivity index (χ0n) is 18.5. The minimum Gasteiger partial charge on any atom is -0.317 e. The van der Waals surface area contributed by atoms with Gasteiger partial charge in [-0.05, 0) is 69.0 Å². The molecule has 3 heteroatoms. The summed E-state index contributed by atoms with van der Waals surface area (Å²) in [7, 11) is 0. The van der Waals surface area contributed by atoms with Crippen LogP contribution in [0.5, 0.6) is 0 Å². The first-order valence-corrected chi connectivity index (χ1v) is 11.0. The molecule has 3 nitrogen and oxygen atoms in total. The van der Waals surface area contributed by atoms with Gasteiger partial charge in [-0.2, -0.15) is 0 Å². The number of nitrogens with zero attached hydrogens (tertiary/aromatic N) is 2. The molecule has 0 saturated heterocycles. The molecule has 1 aliphatic heterocycles. The summed E-state index contributed by atoms with van der Waals surface area (Å²) < 4.78 is 0. The highest BCUT2D eigenvalue weighted by Gasteiger charge is 2.41. The van der Waals surface area contributed by atoms with Crippen LogP contribution in [0.4, 0.5) is 11.4 Å². The average molecular weight is 411 g/mol. The molecular weight excluding hydrogens is 380 g/mol. The van der Waals surface area contributed by atoms with E-state index in [-0.39, 0.29) is 18.1 Å². The minimum atomic E-state index is -0.136. The maximum absolute atomic E-state index is 13.4. The Bertz CT molecular complexity index is 1000. The van der Waals surface area contributed by atoms with Gasteiger partial charge in [-0.15, -0.1) is 0 Å². The third kappa shape index (κ3) is 4.27. The highest BCUT2D eigenvalue weighted by Crippen LogP contribution is 2.38. The van der Waals surface area contributed by atoms with Gasteiger partial charge in [0.1, 0.15) is 6.17 Å².